The van der Waals surface area contributed by atoms with E-state index in [0.29, 0.717) is 157 Å². The number of nitrogens with zero attached hydrogens (tertiary/aromatic N) is 4. The van der Waals surface area contributed by atoms with Gasteiger partial charge in [0, 0.05) is 37.9 Å². The number of anilines is 1. The summed E-state index contributed by atoms with van der Waals surface area (Å²) in [6, 6.07) is 2.65. The second-order valence-electron chi connectivity index (χ2n) is 20.7. The van der Waals surface area contributed by atoms with Gasteiger partial charge in [0.25, 0.3) is 11.8 Å². The molecule has 1 aliphatic heterocycles. The van der Waals surface area contributed by atoms with Gasteiger partial charge >= 0.3 is 12.0 Å². The van der Waals surface area contributed by atoms with E-state index in [2.05, 4.69) is 31.6 Å². The van der Waals surface area contributed by atoms with Crippen LogP contribution in [0.4, 0.5) is 10.5 Å². The fourth-order valence-electron chi connectivity index (χ4n) is 7.64. The van der Waals surface area contributed by atoms with E-state index >= 15 is 0 Å². The Morgan fingerprint density at radius 3 is 1.50 bits per heavy atom. The Balaban J connectivity index is 1.28. The van der Waals surface area contributed by atoms with E-state index in [4.69, 9.17) is 67.3 Å². The fourth-order valence-corrected chi connectivity index (χ4v) is 7.64. The van der Waals surface area contributed by atoms with Crippen LogP contribution in [0.1, 0.15) is 71.2 Å². The Morgan fingerprint density at radius 1 is 0.640 bits per heavy atom. The number of imide groups is 1. The molecule has 4 atom stereocenters. The molecule has 29 nitrogen and oxygen atoms in total. The van der Waals surface area contributed by atoms with Crippen LogP contribution in [-0.2, 0) is 98.7 Å². The molecule has 1 aromatic carbocycles. The van der Waals surface area contributed by atoms with Gasteiger partial charge in [-0.3, -0.25) is 34.2 Å². The van der Waals surface area contributed by atoms with Gasteiger partial charge in [0.05, 0.1) is 182 Å². The Morgan fingerprint density at radius 2 is 1.08 bits per heavy atom. The highest BCUT2D eigenvalue weighted by Gasteiger charge is 2.37. The quantitative estimate of drug-likeness (QED) is 0.0233. The number of urea groups is 1. The van der Waals surface area contributed by atoms with E-state index in [-0.39, 0.29) is 57.2 Å². The van der Waals surface area contributed by atoms with Crippen molar-refractivity contribution in [3.63, 3.8) is 0 Å². The molecule has 6 amide bonds. The number of hydrogen-bond acceptors (Lipinski definition) is 23. The zero-order chi connectivity index (χ0) is 62.6. The first-order valence-electron chi connectivity index (χ1n) is 29.1. The second-order valence-corrected chi connectivity index (χ2v) is 20.7. The summed E-state index contributed by atoms with van der Waals surface area (Å²) in [5.41, 5.74) is 5.87. The van der Waals surface area contributed by atoms with Crippen LogP contribution in [0.2, 0.25) is 0 Å². The molecule has 7 N–H and O–H groups in total. The van der Waals surface area contributed by atoms with Gasteiger partial charge < -0.3 is 88.4 Å². The topological polar surface area (TPSA) is 351 Å². The lowest BCUT2D eigenvalue weighted by Gasteiger charge is -2.30. The lowest BCUT2D eigenvalue weighted by molar-refractivity contribution is -0.154. The van der Waals surface area contributed by atoms with Gasteiger partial charge in [-0.15, -0.1) is 5.10 Å². The van der Waals surface area contributed by atoms with Gasteiger partial charge in [-0.05, 0) is 57.2 Å². The molecule has 0 fully saturated rings. The number of rotatable bonds is 53. The van der Waals surface area contributed by atoms with Crippen molar-refractivity contribution in [2.45, 2.75) is 91.4 Å². The minimum Gasteiger partial charge on any atom is -0.460 e. The van der Waals surface area contributed by atoms with Crippen LogP contribution in [0.3, 0.4) is 0 Å². The highest BCUT2D eigenvalue weighted by atomic mass is 16.6. The first-order valence-corrected chi connectivity index (χ1v) is 29.1. The average molecular weight is 1230 g/mol. The highest BCUT2D eigenvalue weighted by Crippen LogP contribution is 2.27. The highest BCUT2D eigenvalue weighted by molar-refractivity contribution is 6.13. The summed E-state index contributed by atoms with van der Waals surface area (Å²) in [4.78, 5) is 78.1. The molecule has 0 saturated carbocycles. The number of hydrogen-bond donors (Lipinski definition) is 6. The third-order valence-electron chi connectivity index (χ3n) is 12.2. The van der Waals surface area contributed by atoms with Gasteiger partial charge in [-0.2, -0.15) is 0 Å². The molecule has 0 saturated heterocycles. The standard InChI is InChI=1S/C57H95N9O20/c1-43(2)52(54(71)61-46(8-7-15-59-56(58)73)53(70)60-45-11-9-44(10-12-45)42-86-55(72)57(3,4)5)62-49(67)40-48(66-50(68)13-14-51(66)69)47-41-65(64-63-47)16-17-75-20-21-77-24-25-79-28-29-81-32-33-83-36-37-85-39-38-84-35-34-82-31-30-80-27-26-78-23-22-76-19-18-74-6/h9-14,41,43,46,48-49,52,62,67H,7-8,15-40,42H2,1-6H3,(H,60,70)(H,61,71)(H3,58,59,73)/t46-,48-,49?,52-/m0/s1. The van der Waals surface area contributed by atoms with E-state index in [1.807, 2.05) is 0 Å². The minimum absolute atomic E-state index is 0.0410. The molecule has 3 rings (SSSR count). The first-order chi connectivity index (χ1) is 41.5. The number of carbonyl (C=O) groups excluding carboxylic acids is 6. The van der Waals surface area contributed by atoms with E-state index in [0.717, 1.165) is 17.1 Å². The molecule has 0 aliphatic carbocycles. The number of primary amides is 1. The summed E-state index contributed by atoms with van der Waals surface area (Å²) in [5.74, 6) is -3.22. The number of aliphatic hydroxyl groups excluding tert-OH is 1. The van der Waals surface area contributed by atoms with Crippen molar-refractivity contribution in [2.75, 3.05) is 171 Å². The van der Waals surface area contributed by atoms with E-state index in [9.17, 15) is 33.9 Å². The van der Waals surface area contributed by atoms with Crippen LogP contribution in [0, 0.1) is 11.3 Å². The molecule has 0 bridgehead atoms. The maximum atomic E-state index is 14.0. The maximum Gasteiger partial charge on any atom is 0.312 e. The molecule has 0 spiro atoms. The largest absolute Gasteiger partial charge is 0.460 e. The number of ether oxygens (including phenoxy) is 13. The van der Waals surface area contributed by atoms with Crippen LogP contribution < -0.4 is 27.0 Å². The van der Waals surface area contributed by atoms with Gasteiger partial charge in [0.1, 0.15) is 24.6 Å². The minimum atomic E-state index is -1.47. The van der Waals surface area contributed by atoms with Gasteiger partial charge in [0.2, 0.25) is 11.8 Å². The number of nitrogens with two attached hydrogens (primary N) is 1. The summed E-state index contributed by atoms with van der Waals surface area (Å²) in [6.07, 6.45) is 2.39. The van der Waals surface area contributed by atoms with E-state index in [1.54, 1.807) is 72.2 Å². The van der Waals surface area contributed by atoms with Gasteiger partial charge in [-0.25, -0.2) is 9.48 Å². The van der Waals surface area contributed by atoms with Crippen LogP contribution in [-0.4, -0.2) is 245 Å². The van der Waals surface area contributed by atoms with Crippen molar-refractivity contribution in [3.05, 3.63) is 53.9 Å². The number of aromatic nitrogens is 3. The van der Waals surface area contributed by atoms with Crippen LogP contribution in [0.5, 0.6) is 0 Å². The number of esters is 1. The molecule has 2 aromatic rings. The number of carbonyl (C=O) groups is 6. The molecule has 86 heavy (non-hydrogen) atoms. The third kappa shape index (κ3) is 34.0. The molecular formula is C57H95N9O20. The molecule has 1 aromatic heterocycles. The summed E-state index contributed by atoms with van der Waals surface area (Å²) >= 11 is 0. The molecule has 2 heterocycles. The Bertz CT molecular complexity index is 2200. The number of nitrogens with one attached hydrogen (secondary N) is 4. The first kappa shape index (κ1) is 74.6. The average Bonchev–Trinajstić information content (AvgIpc) is 2.62. The number of amides is 6. The van der Waals surface area contributed by atoms with Gasteiger partial charge in [-0.1, -0.05) is 31.2 Å². The summed E-state index contributed by atoms with van der Waals surface area (Å²) in [6.45, 7) is 19.3. The smallest absolute Gasteiger partial charge is 0.312 e. The molecule has 0 radical (unpaired) electrons. The van der Waals surface area contributed by atoms with Crippen molar-refractivity contribution >= 4 is 41.3 Å². The Hall–Kier alpha value is -5.64. The number of benzene rings is 1. The molecule has 488 valence electrons. The molecule has 1 unspecified atom stereocenters. The summed E-state index contributed by atoms with van der Waals surface area (Å²) in [7, 11) is 1.63. The Kier molecular flexibility index (Phi) is 39.6. The molecular weight excluding hydrogens is 1130 g/mol. The SMILES string of the molecule is COCCOCCOCCOCCOCCOCCOCCOCCOCCOCCOCCOCCn1cc([C@H](CC(O)N[C@H](C(=O)N[C@@H](CCCNC(N)=O)C(=O)Nc2ccc(COC(=O)C(C)(C)C)cc2)C(C)C)N2C(=O)C=CC2=O)nn1. The van der Waals surface area contributed by atoms with Crippen molar-refractivity contribution in [2.24, 2.45) is 17.1 Å². The van der Waals surface area contributed by atoms with Crippen molar-refractivity contribution < 1.29 is 95.5 Å². The van der Waals surface area contributed by atoms with Crippen LogP contribution in [0.15, 0.2) is 42.6 Å². The normalized spacial score (nSPS) is 14.0. The number of aliphatic hydroxyl groups is 1. The maximum absolute atomic E-state index is 14.0. The molecule has 1 aliphatic rings. The third-order valence-corrected chi connectivity index (χ3v) is 12.2. The zero-order valence-electron chi connectivity index (χ0n) is 51.0. The van der Waals surface area contributed by atoms with Crippen molar-refractivity contribution in [1.82, 2.24) is 35.8 Å². The second kappa shape index (κ2) is 45.6. The Labute approximate surface area is 504 Å². The van der Waals surface area contributed by atoms with E-state index < -0.39 is 65.3 Å². The fraction of sp³-hybridized carbons (Fsp3) is 0.719. The predicted molar refractivity (Wildman–Crippen MR) is 310 cm³/mol. The lowest BCUT2D eigenvalue weighted by atomic mass is 9.97. The van der Waals surface area contributed by atoms with Gasteiger partial charge in [0.15, 0.2) is 0 Å². The van der Waals surface area contributed by atoms with Crippen molar-refractivity contribution in [3.8, 4) is 0 Å². The summed E-state index contributed by atoms with van der Waals surface area (Å²) in [5, 5.41) is 30.8. The van der Waals surface area contributed by atoms with Crippen LogP contribution >= 0.6 is 0 Å². The summed E-state index contributed by atoms with van der Waals surface area (Å²) < 4.78 is 72.4. The predicted octanol–water partition coefficient (Wildman–Crippen LogP) is 1.06. The molecule has 29 heteroatoms. The zero-order valence-corrected chi connectivity index (χ0v) is 51.0. The van der Waals surface area contributed by atoms with E-state index in [1.165, 1.54) is 4.68 Å². The van der Waals surface area contributed by atoms with Crippen LogP contribution in [0.25, 0.3) is 0 Å². The lowest BCUT2D eigenvalue weighted by Crippen LogP contribution is -2.56. The van der Waals surface area contributed by atoms with Crippen molar-refractivity contribution in [1.29, 1.82) is 0 Å². The monoisotopic (exact) mass is 1230 g/mol. The number of methoxy groups -OCH3 is 1.